The molecular formula is C22H29N5O5. The maximum atomic E-state index is 13.2. The lowest BCUT2D eigenvalue weighted by molar-refractivity contribution is -0.135. The van der Waals surface area contributed by atoms with E-state index in [1.54, 1.807) is 18.0 Å². The highest BCUT2D eigenvalue weighted by Gasteiger charge is 2.35. The topological polar surface area (TPSA) is 115 Å². The van der Waals surface area contributed by atoms with Crippen LogP contribution in [0.1, 0.15) is 51.3 Å². The van der Waals surface area contributed by atoms with Crippen molar-refractivity contribution in [3.8, 4) is 0 Å². The van der Waals surface area contributed by atoms with E-state index in [1.807, 2.05) is 32.9 Å². The predicted molar refractivity (Wildman–Crippen MR) is 117 cm³/mol. The van der Waals surface area contributed by atoms with E-state index in [0.717, 1.165) is 5.56 Å². The Bertz CT molecular complexity index is 1140. The number of piperidine rings is 1. The number of amides is 3. The van der Waals surface area contributed by atoms with Gasteiger partial charge in [0.2, 0.25) is 11.8 Å². The second-order valence-corrected chi connectivity index (χ2v) is 9.29. The second kappa shape index (κ2) is 8.09. The first kappa shape index (κ1) is 22.1. The van der Waals surface area contributed by atoms with E-state index in [1.165, 1.54) is 9.13 Å². The number of para-hydroxylation sites is 1. The van der Waals surface area contributed by atoms with Crippen LogP contribution in [0, 0.1) is 0 Å². The van der Waals surface area contributed by atoms with Crippen molar-refractivity contribution >= 4 is 28.9 Å². The first-order valence-electron chi connectivity index (χ1n) is 10.8. The number of piperazine rings is 1. The van der Waals surface area contributed by atoms with Gasteiger partial charge in [-0.1, -0.05) is 12.1 Å². The zero-order valence-electron chi connectivity index (χ0n) is 18.8. The molecule has 0 aliphatic carbocycles. The molecule has 2 aliphatic rings. The van der Waals surface area contributed by atoms with E-state index >= 15 is 0 Å². The lowest BCUT2D eigenvalue weighted by atomic mass is 10.0. The van der Waals surface area contributed by atoms with Crippen LogP contribution >= 0.6 is 0 Å². The molecular weight excluding hydrogens is 414 g/mol. The summed E-state index contributed by atoms with van der Waals surface area (Å²) in [6.45, 7) is 7.10. The Morgan fingerprint density at radius 1 is 1.16 bits per heavy atom. The highest BCUT2D eigenvalue weighted by molar-refractivity contribution is 6.00. The summed E-state index contributed by atoms with van der Waals surface area (Å²) in [7, 11) is 1.66. The molecule has 1 aromatic heterocycles. The second-order valence-electron chi connectivity index (χ2n) is 9.29. The minimum Gasteiger partial charge on any atom is -0.444 e. The van der Waals surface area contributed by atoms with Gasteiger partial charge in [0.1, 0.15) is 11.6 Å². The smallest absolute Gasteiger partial charge is 0.410 e. The molecule has 4 rings (SSSR count). The number of imide groups is 1. The fourth-order valence-corrected chi connectivity index (χ4v) is 4.49. The first-order chi connectivity index (χ1) is 15.1. The minimum atomic E-state index is -0.759. The maximum absolute atomic E-state index is 13.2. The van der Waals surface area contributed by atoms with Crippen molar-refractivity contribution < 1.29 is 19.1 Å². The SMILES string of the molecule is Cn1c(=O)n(C2CCC(=O)NC2=O)c2cccc(C3CNCCN3C(=O)OC(C)(C)C)c21. The van der Waals surface area contributed by atoms with Crippen LogP contribution in [0.25, 0.3) is 11.0 Å². The molecule has 2 N–H and O–H groups in total. The summed E-state index contributed by atoms with van der Waals surface area (Å²) < 4.78 is 8.58. The van der Waals surface area contributed by atoms with Crippen molar-refractivity contribution in [3.63, 3.8) is 0 Å². The van der Waals surface area contributed by atoms with E-state index in [4.69, 9.17) is 4.74 Å². The summed E-state index contributed by atoms with van der Waals surface area (Å²) in [5.74, 6) is -0.808. The molecule has 0 saturated carbocycles. The van der Waals surface area contributed by atoms with Gasteiger partial charge in [0.25, 0.3) is 0 Å². The number of rotatable bonds is 2. The third kappa shape index (κ3) is 3.90. The zero-order valence-corrected chi connectivity index (χ0v) is 18.8. The Labute approximate surface area is 185 Å². The summed E-state index contributed by atoms with van der Waals surface area (Å²) in [5.41, 5.74) is 1.09. The van der Waals surface area contributed by atoms with Crippen molar-refractivity contribution in [3.05, 3.63) is 34.2 Å². The lowest BCUT2D eigenvalue weighted by Crippen LogP contribution is -2.50. The Hall–Kier alpha value is -3.14. The number of hydrogen-bond acceptors (Lipinski definition) is 6. The number of benzene rings is 1. The molecule has 2 atom stereocenters. The summed E-state index contributed by atoms with van der Waals surface area (Å²) in [6.07, 6.45) is 0.0384. The Kier molecular flexibility index (Phi) is 5.58. The lowest BCUT2D eigenvalue weighted by Gasteiger charge is -2.37. The van der Waals surface area contributed by atoms with E-state index in [-0.39, 0.29) is 30.5 Å². The number of nitrogens with zero attached hydrogens (tertiary/aromatic N) is 3. The minimum absolute atomic E-state index is 0.178. The molecule has 0 radical (unpaired) electrons. The number of hydrogen-bond donors (Lipinski definition) is 2. The van der Waals surface area contributed by atoms with Gasteiger partial charge in [0.15, 0.2) is 0 Å². The zero-order chi connectivity index (χ0) is 23.2. The van der Waals surface area contributed by atoms with Gasteiger partial charge in [0.05, 0.1) is 17.1 Å². The van der Waals surface area contributed by atoms with Gasteiger partial charge in [-0.2, -0.15) is 0 Å². The van der Waals surface area contributed by atoms with Crippen LogP contribution in [0.3, 0.4) is 0 Å². The number of carbonyl (C=O) groups excluding carboxylic acids is 3. The Morgan fingerprint density at radius 2 is 1.91 bits per heavy atom. The largest absolute Gasteiger partial charge is 0.444 e. The van der Waals surface area contributed by atoms with Gasteiger partial charge in [-0.05, 0) is 33.3 Å². The summed E-state index contributed by atoms with van der Waals surface area (Å²) >= 11 is 0. The van der Waals surface area contributed by atoms with Crippen LogP contribution < -0.4 is 16.3 Å². The fourth-order valence-electron chi connectivity index (χ4n) is 4.49. The molecule has 10 nitrogen and oxygen atoms in total. The summed E-state index contributed by atoms with van der Waals surface area (Å²) in [5, 5.41) is 5.64. The molecule has 3 heterocycles. The van der Waals surface area contributed by atoms with Crippen LogP contribution in [0.15, 0.2) is 23.0 Å². The predicted octanol–water partition coefficient (Wildman–Crippen LogP) is 1.20. The van der Waals surface area contributed by atoms with Gasteiger partial charge >= 0.3 is 11.8 Å². The standard InChI is InChI=1S/C22H29N5O5/c1-22(2,3)32-21(31)26-11-10-23-12-16(26)13-6-5-7-14-18(13)25(4)20(30)27(14)15-8-9-17(28)24-19(15)29/h5-7,15-16,23H,8-12H2,1-4H3,(H,24,28,29). The van der Waals surface area contributed by atoms with Crippen LogP contribution in [-0.4, -0.2) is 57.2 Å². The molecule has 1 aromatic carbocycles. The highest BCUT2D eigenvalue weighted by atomic mass is 16.6. The molecule has 2 saturated heterocycles. The molecule has 2 unspecified atom stereocenters. The molecule has 0 spiro atoms. The van der Waals surface area contributed by atoms with Gasteiger partial charge in [-0.25, -0.2) is 9.59 Å². The van der Waals surface area contributed by atoms with Crippen molar-refractivity contribution in [2.75, 3.05) is 19.6 Å². The monoisotopic (exact) mass is 443 g/mol. The molecule has 3 amide bonds. The number of imidazole rings is 1. The van der Waals surface area contributed by atoms with Crippen molar-refractivity contribution in [2.45, 2.75) is 51.3 Å². The van der Waals surface area contributed by atoms with Crippen LogP contribution in [0.2, 0.25) is 0 Å². The Morgan fingerprint density at radius 3 is 2.59 bits per heavy atom. The van der Waals surface area contributed by atoms with Crippen molar-refractivity contribution in [2.24, 2.45) is 7.05 Å². The molecule has 0 bridgehead atoms. The molecule has 2 aromatic rings. The number of fused-ring (bicyclic) bond motifs is 1. The number of nitrogens with one attached hydrogen (secondary N) is 2. The maximum Gasteiger partial charge on any atom is 0.410 e. The number of aryl methyl sites for hydroxylation is 1. The summed E-state index contributed by atoms with van der Waals surface area (Å²) in [4.78, 5) is 51.9. The number of ether oxygens (including phenoxy) is 1. The molecule has 172 valence electrons. The van der Waals surface area contributed by atoms with Gasteiger partial charge in [0, 0.05) is 38.7 Å². The normalized spacial score (nSPS) is 22.2. The molecule has 2 fully saturated rings. The van der Waals surface area contributed by atoms with E-state index in [2.05, 4.69) is 10.6 Å². The van der Waals surface area contributed by atoms with Gasteiger partial charge < -0.3 is 10.1 Å². The average molecular weight is 444 g/mol. The van der Waals surface area contributed by atoms with Crippen LogP contribution in [0.5, 0.6) is 0 Å². The number of aromatic nitrogens is 2. The fraction of sp³-hybridized carbons (Fsp3) is 0.545. The third-order valence-corrected chi connectivity index (χ3v) is 5.89. The Balaban J connectivity index is 1.80. The average Bonchev–Trinajstić information content (AvgIpc) is 2.98. The molecule has 2 aliphatic heterocycles. The van der Waals surface area contributed by atoms with Crippen molar-refractivity contribution in [1.82, 2.24) is 24.7 Å². The molecule has 10 heteroatoms. The summed E-state index contributed by atoms with van der Waals surface area (Å²) in [6, 6.07) is 4.40. The molecule has 32 heavy (non-hydrogen) atoms. The van der Waals surface area contributed by atoms with Gasteiger partial charge in [-0.3, -0.25) is 28.9 Å². The van der Waals surface area contributed by atoms with Crippen LogP contribution in [-0.2, 0) is 21.4 Å². The number of carbonyl (C=O) groups is 3. The van der Waals surface area contributed by atoms with Crippen LogP contribution in [0.4, 0.5) is 4.79 Å². The van der Waals surface area contributed by atoms with E-state index in [0.29, 0.717) is 30.7 Å². The highest BCUT2D eigenvalue weighted by Crippen LogP contribution is 2.32. The quantitative estimate of drug-likeness (QED) is 0.674. The van der Waals surface area contributed by atoms with Gasteiger partial charge in [-0.15, -0.1) is 0 Å². The van der Waals surface area contributed by atoms with Crippen molar-refractivity contribution in [1.29, 1.82) is 0 Å². The van der Waals surface area contributed by atoms with E-state index in [9.17, 15) is 19.2 Å². The third-order valence-electron chi connectivity index (χ3n) is 5.89. The first-order valence-corrected chi connectivity index (χ1v) is 10.8. The van der Waals surface area contributed by atoms with E-state index < -0.39 is 23.6 Å².